The molecule has 0 aliphatic heterocycles. The van der Waals surface area contributed by atoms with E-state index >= 15 is 0 Å². The lowest BCUT2D eigenvalue weighted by Crippen LogP contribution is -2.51. The molecular formula is C21H25ClFN3O4S. The molecule has 1 unspecified atom stereocenters. The number of sulfonamides is 1. The smallest absolute Gasteiger partial charge is 0.244 e. The van der Waals surface area contributed by atoms with E-state index in [2.05, 4.69) is 5.32 Å². The van der Waals surface area contributed by atoms with E-state index in [1.165, 1.54) is 23.1 Å². The van der Waals surface area contributed by atoms with Gasteiger partial charge in [0.05, 0.1) is 11.9 Å². The van der Waals surface area contributed by atoms with Crippen molar-refractivity contribution in [2.24, 2.45) is 0 Å². The second kappa shape index (κ2) is 10.6. The van der Waals surface area contributed by atoms with Gasteiger partial charge in [-0.3, -0.25) is 13.9 Å². The molecule has 0 aliphatic rings. The summed E-state index contributed by atoms with van der Waals surface area (Å²) in [5, 5.41) is 3.17. The van der Waals surface area contributed by atoms with Gasteiger partial charge < -0.3 is 10.2 Å². The lowest BCUT2D eigenvalue weighted by Gasteiger charge is -2.31. The molecule has 1 atom stereocenters. The highest BCUT2D eigenvalue weighted by atomic mass is 35.5. The molecule has 0 heterocycles. The van der Waals surface area contributed by atoms with Crippen LogP contribution in [0.2, 0.25) is 5.02 Å². The highest BCUT2D eigenvalue weighted by Crippen LogP contribution is 2.22. The minimum Gasteiger partial charge on any atom is -0.355 e. The monoisotopic (exact) mass is 469 g/mol. The van der Waals surface area contributed by atoms with E-state index in [9.17, 15) is 22.4 Å². The molecule has 0 saturated carbocycles. The molecule has 0 bridgehead atoms. The number of hydrogen-bond acceptors (Lipinski definition) is 4. The number of para-hydroxylation sites is 1. The number of amides is 2. The Kier molecular flexibility index (Phi) is 8.41. The summed E-state index contributed by atoms with van der Waals surface area (Å²) in [6.07, 6.45) is 0.892. The summed E-state index contributed by atoms with van der Waals surface area (Å²) >= 11 is 5.91. The van der Waals surface area contributed by atoms with Crippen LogP contribution in [-0.2, 0) is 26.2 Å². The molecule has 0 aromatic heterocycles. The third-order valence-corrected chi connectivity index (χ3v) is 5.96. The summed E-state index contributed by atoms with van der Waals surface area (Å²) in [7, 11) is -3.98. The minimum atomic E-state index is -3.98. The molecule has 2 amide bonds. The molecule has 0 radical (unpaired) electrons. The topological polar surface area (TPSA) is 86.8 Å². The number of benzene rings is 2. The second-order valence-corrected chi connectivity index (χ2v) is 9.28. The Balaban J connectivity index is 2.38. The molecule has 2 rings (SSSR count). The van der Waals surface area contributed by atoms with Gasteiger partial charge in [-0.05, 0) is 43.7 Å². The third-order valence-electron chi connectivity index (χ3n) is 4.58. The Hall–Kier alpha value is -2.65. The fraction of sp³-hybridized carbons (Fsp3) is 0.333. The van der Waals surface area contributed by atoms with Gasteiger partial charge in [0.15, 0.2) is 0 Å². The van der Waals surface area contributed by atoms with Crippen molar-refractivity contribution in [2.75, 3.05) is 23.7 Å². The number of likely N-dealkylation sites (N-methyl/N-ethyl adjacent to an activating group) is 1. The fourth-order valence-corrected chi connectivity index (χ4v) is 3.92. The normalized spacial score (nSPS) is 12.2. The van der Waals surface area contributed by atoms with Crippen molar-refractivity contribution in [3.8, 4) is 0 Å². The van der Waals surface area contributed by atoms with Crippen molar-refractivity contribution >= 4 is 39.1 Å². The number of nitrogens with one attached hydrogen (secondary N) is 1. The van der Waals surface area contributed by atoms with Gasteiger partial charge in [-0.15, -0.1) is 0 Å². The van der Waals surface area contributed by atoms with Crippen molar-refractivity contribution < 1.29 is 22.4 Å². The van der Waals surface area contributed by atoms with Crippen LogP contribution in [0, 0.1) is 5.82 Å². The lowest BCUT2D eigenvalue weighted by molar-refractivity contribution is -0.139. The highest BCUT2D eigenvalue weighted by Gasteiger charge is 2.30. The van der Waals surface area contributed by atoms with Crippen LogP contribution in [-0.4, -0.2) is 50.5 Å². The molecule has 1 N–H and O–H groups in total. The van der Waals surface area contributed by atoms with Gasteiger partial charge >= 0.3 is 0 Å². The van der Waals surface area contributed by atoms with Crippen molar-refractivity contribution in [3.63, 3.8) is 0 Å². The molecule has 168 valence electrons. The lowest BCUT2D eigenvalue weighted by atomic mass is 10.1. The molecule has 10 heteroatoms. The quantitative estimate of drug-likeness (QED) is 0.611. The van der Waals surface area contributed by atoms with Crippen molar-refractivity contribution in [1.82, 2.24) is 10.2 Å². The Labute approximate surface area is 186 Å². The summed E-state index contributed by atoms with van der Waals surface area (Å²) in [6, 6.07) is 11.1. The molecule has 0 fully saturated rings. The summed E-state index contributed by atoms with van der Waals surface area (Å²) < 4.78 is 39.7. The van der Waals surface area contributed by atoms with Crippen molar-refractivity contribution in [3.05, 3.63) is 64.9 Å². The average molecular weight is 470 g/mol. The predicted molar refractivity (Wildman–Crippen MR) is 119 cm³/mol. The molecule has 7 nitrogen and oxygen atoms in total. The summed E-state index contributed by atoms with van der Waals surface area (Å²) in [5.74, 6) is -1.81. The van der Waals surface area contributed by atoms with Crippen molar-refractivity contribution in [2.45, 2.75) is 26.4 Å². The van der Waals surface area contributed by atoms with E-state index in [1.807, 2.05) is 0 Å². The zero-order chi connectivity index (χ0) is 23.2. The van der Waals surface area contributed by atoms with E-state index in [4.69, 9.17) is 11.6 Å². The first-order valence-corrected chi connectivity index (χ1v) is 11.8. The molecular weight excluding hydrogens is 445 g/mol. The van der Waals surface area contributed by atoms with Gasteiger partial charge in [0.2, 0.25) is 21.8 Å². The minimum absolute atomic E-state index is 0.0448. The molecule has 31 heavy (non-hydrogen) atoms. The van der Waals surface area contributed by atoms with Gasteiger partial charge in [-0.1, -0.05) is 35.9 Å². The summed E-state index contributed by atoms with van der Waals surface area (Å²) in [5.41, 5.74) is 0.459. The molecule has 2 aromatic rings. The molecule has 0 saturated heterocycles. The maximum Gasteiger partial charge on any atom is 0.244 e. The van der Waals surface area contributed by atoms with E-state index in [-0.39, 0.29) is 18.1 Å². The average Bonchev–Trinajstić information content (AvgIpc) is 2.71. The largest absolute Gasteiger partial charge is 0.355 e. The number of rotatable bonds is 9. The second-order valence-electron chi connectivity index (χ2n) is 6.94. The SMILES string of the molecule is CCNC(=O)C(C)N(Cc1ccc(Cl)cc1)C(=O)CN(c1ccccc1F)S(C)(=O)=O. The van der Waals surface area contributed by atoms with Crippen LogP contribution in [0.25, 0.3) is 0 Å². The predicted octanol–water partition coefficient (Wildman–Crippen LogP) is 2.80. The Morgan fingerprint density at radius 2 is 1.74 bits per heavy atom. The van der Waals surface area contributed by atoms with E-state index in [0.29, 0.717) is 21.4 Å². The fourth-order valence-electron chi connectivity index (χ4n) is 2.94. The van der Waals surface area contributed by atoms with Crippen LogP contribution >= 0.6 is 11.6 Å². The Bertz CT molecular complexity index is 1030. The number of anilines is 1. The highest BCUT2D eigenvalue weighted by molar-refractivity contribution is 7.92. The Morgan fingerprint density at radius 1 is 1.13 bits per heavy atom. The molecule has 0 aliphatic carbocycles. The van der Waals surface area contributed by atoms with E-state index in [0.717, 1.165) is 12.3 Å². The standard InChI is InChI=1S/C21H25ClFN3O4S/c1-4-24-21(28)15(2)25(13-16-9-11-17(22)12-10-16)20(27)14-26(31(3,29)30)19-8-6-5-7-18(19)23/h5-12,15H,4,13-14H2,1-3H3,(H,24,28). The van der Waals surface area contributed by atoms with Gasteiger partial charge in [-0.2, -0.15) is 0 Å². The van der Waals surface area contributed by atoms with Gasteiger partial charge in [0.25, 0.3) is 0 Å². The van der Waals surface area contributed by atoms with Gasteiger partial charge in [0, 0.05) is 18.1 Å². The first-order chi connectivity index (χ1) is 14.5. The zero-order valence-electron chi connectivity index (χ0n) is 17.5. The number of carbonyl (C=O) groups is 2. The Morgan fingerprint density at radius 3 is 2.29 bits per heavy atom. The first kappa shape index (κ1) is 24.6. The number of halogens is 2. The van der Waals surface area contributed by atoms with Crippen LogP contribution < -0.4 is 9.62 Å². The van der Waals surface area contributed by atoms with E-state index < -0.39 is 34.3 Å². The maximum absolute atomic E-state index is 14.3. The van der Waals surface area contributed by atoms with Crippen LogP contribution in [0.4, 0.5) is 10.1 Å². The van der Waals surface area contributed by atoms with Crippen LogP contribution in [0.15, 0.2) is 48.5 Å². The van der Waals surface area contributed by atoms with Gasteiger partial charge in [0.1, 0.15) is 18.4 Å². The maximum atomic E-state index is 14.3. The molecule has 2 aromatic carbocycles. The van der Waals surface area contributed by atoms with Gasteiger partial charge in [-0.25, -0.2) is 12.8 Å². The van der Waals surface area contributed by atoms with Crippen molar-refractivity contribution in [1.29, 1.82) is 0 Å². The number of hydrogen-bond donors (Lipinski definition) is 1. The zero-order valence-corrected chi connectivity index (χ0v) is 19.1. The molecule has 0 spiro atoms. The summed E-state index contributed by atoms with van der Waals surface area (Å²) in [4.78, 5) is 26.9. The number of nitrogens with zero attached hydrogens (tertiary/aromatic N) is 2. The van der Waals surface area contributed by atoms with Crippen LogP contribution in [0.3, 0.4) is 0 Å². The van der Waals surface area contributed by atoms with E-state index in [1.54, 1.807) is 38.1 Å². The summed E-state index contributed by atoms with van der Waals surface area (Å²) in [6.45, 7) is 3.06. The first-order valence-electron chi connectivity index (χ1n) is 9.58. The third kappa shape index (κ3) is 6.67. The number of carbonyl (C=O) groups excluding carboxylic acids is 2. The van der Waals surface area contributed by atoms with Crippen LogP contribution in [0.5, 0.6) is 0 Å². The van der Waals surface area contributed by atoms with Crippen LogP contribution in [0.1, 0.15) is 19.4 Å².